The summed E-state index contributed by atoms with van der Waals surface area (Å²) in [7, 11) is 0. The molecule has 0 saturated carbocycles. The molecule has 0 saturated heterocycles. The van der Waals surface area contributed by atoms with E-state index in [1.54, 1.807) is 12.3 Å². The Labute approximate surface area is 164 Å². The lowest BCUT2D eigenvalue weighted by atomic mass is 10.1. The zero-order chi connectivity index (χ0) is 19.5. The average Bonchev–Trinajstić information content (AvgIpc) is 3.00. The molecule has 3 aromatic rings. The van der Waals surface area contributed by atoms with E-state index in [0.29, 0.717) is 42.4 Å². The molecule has 0 aliphatic carbocycles. The van der Waals surface area contributed by atoms with E-state index in [4.69, 9.17) is 9.47 Å². The van der Waals surface area contributed by atoms with Gasteiger partial charge in [0.1, 0.15) is 0 Å². The number of nitrogens with one attached hydrogen (secondary N) is 1. The molecule has 2 heterocycles. The number of carbonyl (C=O) groups is 1. The van der Waals surface area contributed by atoms with E-state index in [9.17, 15) is 4.79 Å². The monoisotopic (exact) mass is 377 g/mol. The fraction of sp³-hybridized carbons (Fsp3) is 0.273. The van der Waals surface area contributed by atoms with E-state index in [0.717, 1.165) is 17.8 Å². The number of aryl methyl sites for hydroxylation is 1. The molecular formula is C22H23N3O3. The molecule has 1 amide bonds. The molecule has 0 spiro atoms. The van der Waals surface area contributed by atoms with Crippen LogP contribution in [0.15, 0.2) is 48.7 Å². The fourth-order valence-electron chi connectivity index (χ4n) is 3.25. The second-order valence-corrected chi connectivity index (χ2v) is 6.77. The lowest BCUT2D eigenvalue weighted by molar-refractivity contribution is 0.102. The molecule has 1 aliphatic rings. The molecule has 6 heteroatoms. The van der Waals surface area contributed by atoms with Gasteiger partial charge in [0, 0.05) is 18.2 Å². The summed E-state index contributed by atoms with van der Waals surface area (Å²) in [6, 6.07) is 13.5. The predicted octanol–water partition coefficient (Wildman–Crippen LogP) is 4.16. The van der Waals surface area contributed by atoms with Crippen LogP contribution in [0.3, 0.4) is 0 Å². The number of aromatic nitrogens is 2. The lowest BCUT2D eigenvalue weighted by Crippen LogP contribution is -2.14. The minimum absolute atomic E-state index is 0.190. The van der Waals surface area contributed by atoms with Gasteiger partial charge >= 0.3 is 0 Å². The second-order valence-electron chi connectivity index (χ2n) is 6.77. The molecule has 0 radical (unpaired) electrons. The SMILES string of the molecule is CCc1c(C(=O)Nc2ccc3c(c2)OCCCO3)cnn1-c1ccc(C)cc1. The molecule has 1 aliphatic heterocycles. The quantitative estimate of drug-likeness (QED) is 0.742. The maximum atomic E-state index is 12.9. The van der Waals surface area contributed by atoms with Crippen molar-refractivity contribution in [3.8, 4) is 17.2 Å². The van der Waals surface area contributed by atoms with Gasteiger partial charge in [-0.15, -0.1) is 0 Å². The van der Waals surface area contributed by atoms with E-state index >= 15 is 0 Å². The number of carbonyl (C=O) groups excluding carboxylic acids is 1. The lowest BCUT2D eigenvalue weighted by Gasteiger charge is -2.11. The highest BCUT2D eigenvalue weighted by molar-refractivity contribution is 6.05. The second kappa shape index (κ2) is 7.76. The predicted molar refractivity (Wildman–Crippen MR) is 108 cm³/mol. The first-order valence-electron chi connectivity index (χ1n) is 9.50. The van der Waals surface area contributed by atoms with Gasteiger partial charge in [-0.1, -0.05) is 24.6 Å². The van der Waals surface area contributed by atoms with Crippen LogP contribution >= 0.6 is 0 Å². The first-order chi connectivity index (χ1) is 13.7. The third-order valence-electron chi connectivity index (χ3n) is 4.73. The molecule has 28 heavy (non-hydrogen) atoms. The molecule has 2 aromatic carbocycles. The summed E-state index contributed by atoms with van der Waals surface area (Å²) in [6.45, 7) is 5.30. The van der Waals surface area contributed by atoms with Gasteiger partial charge in [0.25, 0.3) is 5.91 Å². The van der Waals surface area contributed by atoms with Gasteiger partial charge in [-0.3, -0.25) is 4.79 Å². The number of hydrogen-bond donors (Lipinski definition) is 1. The number of amides is 1. The van der Waals surface area contributed by atoms with Crippen molar-refractivity contribution in [2.24, 2.45) is 0 Å². The molecule has 4 rings (SSSR count). The van der Waals surface area contributed by atoms with Crippen molar-refractivity contribution in [1.82, 2.24) is 9.78 Å². The average molecular weight is 377 g/mol. The number of rotatable bonds is 4. The minimum atomic E-state index is -0.190. The smallest absolute Gasteiger partial charge is 0.259 e. The summed E-state index contributed by atoms with van der Waals surface area (Å²) in [4.78, 5) is 12.9. The van der Waals surface area contributed by atoms with Gasteiger partial charge in [0.05, 0.1) is 36.4 Å². The number of nitrogens with zero attached hydrogens (tertiary/aromatic N) is 2. The number of fused-ring (bicyclic) bond motifs is 1. The van der Waals surface area contributed by atoms with Crippen LogP contribution in [-0.4, -0.2) is 28.9 Å². The van der Waals surface area contributed by atoms with Crippen LogP contribution in [0.2, 0.25) is 0 Å². The van der Waals surface area contributed by atoms with Crippen molar-refractivity contribution in [3.05, 3.63) is 65.5 Å². The highest BCUT2D eigenvalue weighted by Crippen LogP contribution is 2.32. The van der Waals surface area contributed by atoms with Crippen molar-refractivity contribution in [2.75, 3.05) is 18.5 Å². The molecule has 0 bridgehead atoms. The van der Waals surface area contributed by atoms with Gasteiger partial charge in [-0.25, -0.2) is 4.68 Å². The third kappa shape index (κ3) is 3.58. The number of hydrogen-bond acceptors (Lipinski definition) is 4. The number of ether oxygens (including phenoxy) is 2. The molecule has 6 nitrogen and oxygen atoms in total. The summed E-state index contributed by atoms with van der Waals surface area (Å²) in [5.41, 5.74) is 4.23. The summed E-state index contributed by atoms with van der Waals surface area (Å²) in [5.74, 6) is 1.17. The zero-order valence-electron chi connectivity index (χ0n) is 16.1. The molecule has 0 atom stereocenters. The van der Waals surface area contributed by atoms with Gasteiger partial charge in [-0.2, -0.15) is 5.10 Å². The van der Waals surface area contributed by atoms with Crippen molar-refractivity contribution in [1.29, 1.82) is 0 Å². The van der Waals surface area contributed by atoms with Crippen LogP contribution in [0, 0.1) is 6.92 Å². The maximum Gasteiger partial charge on any atom is 0.259 e. The first kappa shape index (κ1) is 18.1. The first-order valence-corrected chi connectivity index (χ1v) is 9.50. The molecule has 1 aromatic heterocycles. The third-order valence-corrected chi connectivity index (χ3v) is 4.73. The summed E-state index contributed by atoms with van der Waals surface area (Å²) >= 11 is 0. The van der Waals surface area contributed by atoms with Crippen molar-refractivity contribution in [3.63, 3.8) is 0 Å². The van der Waals surface area contributed by atoms with Crippen molar-refractivity contribution >= 4 is 11.6 Å². The minimum Gasteiger partial charge on any atom is -0.490 e. The molecule has 144 valence electrons. The Balaban J connectivity index is 1.58. The van der Waals surface area contributed by atoms with E-state index in [1.165, 1.54) is 5.56 Å². The van der Waals surface area contributed by atoms with Crippen LogP contribution in [0.5, 0.6) is 11.5 Å². The zero-order valence-corrected chi connectivity index (χ0v) is 16.1. The summed E-state index contributed by atoms with van der Waals surface area (Å²) < 4.78 is 13.2. The van der Waals surface area contributed by atoms with Crippen LogP contribution in [-0.2, 0) is 6.42 Å². The highest BCUT2D eigenvalue weighted by Gasteiger charge is 2.18. The van der Waals surface area contributed by atoms with Crippen LogP contribution in [0.25, 0.3) is 5.69 Å². The molecule has 1 N–H and O–H groups in total. The Bertz CT molecular complexity index is 993. The van der Waals surface area contributed by atoms with Gasteiger partial charge in [0.15, 0.2) is 11.5 Å². The topological polar surface area (TPSA) is 65.4 Å². The number of benzene rings is 2. The Kier molecular flexibility index (Phi) is 5.02. The van der Waals surface area contributed by atoms with E-state index in [2.05, 4.69) is 10.4 Å². The normalized spacial score (nSPS) is 13.1. The Morgan fingerprint density at radius 2 is 1.86 bits per heavy atom. The van der Waals surface area contributed by atoms with Crippen molar-refractivity contribution < 1.29 is 14.3 Å². The van der Waals surface area contributed by atoms with Crippen LogP contribution in [0.4, 0.5) is 5.69 Å². The van der Waals surface area contributed by atoms with Crippen molar-refractivity contribution in [2.45, 2.75) is 26.7 Å². The Morgan fingerprint density at radius 3 is 2.61 bits per heavy atom. The summed E-state index contributed by atoms with van der Waals surface area (Å²) in [5, 5.41) is 7.39. The summed E-state index contributed by atoms with van der Waals surface area (Å²) in [6.07, 6.45) is 3.16. The highest BCUT2D eigenvalue weighted by atomic mass is 16.5. The molecule has 0 fully saturated rings. The van der Waals surface area contributed by atoms with Gasteiger partial charge < -0.3 is 14.8 Å². The largest absolute Gasteiger partial charge is 0.490 e. The van der Waals surface area contributed by atoms with Gasteiger partial charge in [0.2, 0.25) is 0 Å². The standard InChI is InChI=1S/C22H23N3O3/c1-3-19-18(14-23-25(19)17-8-5-15(2)6-9-17)22(26)24-16-7-10-20-21(13-16)28-12-4-11-27-20/h5-10,13-14H,3-4,11-12H2,1-2H3,(H,24,26). The Morgan fingerprint density at radius 1 is 1.11 bits per heavy atom. The van der Waals surface area contributed by atoms with E-state index in [1.807, 2.05) is 54.9 Å². The molecular weight excluding hydrogens is 354 g/mol. The number of anilines is 1. The van der Waals surface area contributed by atoms with E-state index in [-0.39, 0.29) is 5.91 Å². The van der Waals surface area contributed by atoms with Crippen LogP contribution in [0.1, 0.15) is 35.0 Å². The van der Waals surface area contributed by atoms with E-state index < -0.39 is 0 Å². The van der Waals surface area contributed by atoms with Crippen LogP contribution < -0.4 is 14.8 Å². The van der Waals surface area contributed by atoms with Gasteiger partial charge in [-0.05, 0) is 37.6 Å². The molecule has 0 unspecified atom stereocenters. The Hall–Kier alpha value is -3.28. The maximum absolute atomic E-state index is 12.9. The fourth-order valence-corrected chi connectivity index (χ4v) is 3.25.